The number of hydrogen-bond donors (Lipinski definition) is 3. The Kier molecular flexibility index (Phi) is 8.38. The van der Waals surface area contributed by atoms with Gasteiger partial charge in [0.05, 0.1) is 12.8 Å². The van der Waals surface area contributed by atoms with Crippen LogP contribution in [0.2, 0.25) is 0 Å². The SMILES string of the molecule is COc1ccccc1NC(=O)Nc1nc(Oc2ccc3ccccc3c2)nc(N(CC(=O)O)Cc2ccc(C)cc2)n1. The number of amides is 2. The first-order valence-corrected chi connectivity index (χ1v) is 13.0. The van der Waals surface area contributed by atoms with Crippen LogP contribution in [0.4, 0.5) is 22.4 Å². The minimum atomic E-state index is -1.08. The quantitative estimate of drug-likeness (QED) is 0.190. The van der Waals surface area contributed by atoms with E-state index in [0.29, 0.717) is 17.2 Å². The van der Waals surface area contributed by atoms with E-state index >= 15 is 0 Å². The third-order valence-electron chi connectivity index (χ3n) is 6.22. The van der Waals surface area contributed by atoms with Crippen molar-refractivity contribution in [3.05, 3.63) is 102 Å². The maximum absolute atomic E-state index is 12.9. The summed E-state index contributed by atoms with van der Waals surface area (Å²) in [7, 11) is 1.50. The topological polar surface area (TPSA) is 139 Å². The van der Waals surface area contributed by atoms with E-state index in [2.05, 4.69) is 25.6 Å². The van der Waals surface area contributed by atoms with E-state index in [1.807, 2.05) is 67.6 Å². The summed E-state index contributed by atoms with van der Waals surface area (Å²) in [6, 6.07) is 27.1. The summed E-state index contributed by atoms with van der Waals surface area (Å²) >= 11 is 0. The molecule has 0 bridgehead atoms. The summed E-state index contributed by atoms with van der Waals surface area (Å²) in [4.78, 5) is 39.3. The number of fused-ring (bicyclic) bond motifs is 1. The van der Waals surface area contributed by atoms with E-state index in [0.717, 1.165) is 21.9 Å². The largest absolute Gasteiger partial charge is 0.495 e. The molecule has 0 spiro atoms. The molecule has 0 saturated carbocycles. The molecule has 0 aliphatic heterocycles. The van der Waals surface area contributed by atoms with E-state index in [4.69, 9.17) is 9.47 Å². The molecular formula is C31H28N6O5. The summed E-state index contributed by atoms with van der Waals surface area (Å²) in [5.41, 5.74) is 2.36. The Balaban J connectivity index is 1.48. The van der Waals surface area contributed by atoms with Gasteiger partial charge in [0.25, 0.3) is 0 Å². The molecule has 42 heavy (non-hydrogen) atoms. The number of nitrogens with zero attached hydrogens (tertiary/aromatic N) is 4. The fourth-order valence-electron chi connectivity index (χ4n) is 4.20. The highest BCUT2D eigenvalue weighted by molar-refractivity contribution is 5.99. The number of para-hydroxylation sites is 2. The lowest BCUT2D eigenvalue weighted by Gasteiger charge is -2.21. The minimum absolute atomic E-state index is 0.0105. The van der Waals surface area contributed by atoms with Crippen LogP contribution in [-0.2, 0) is 11.3 Å². The van der Waals surface area contributed by atoms with Crippen molar-refractivity contribution in [3.8, 4) is 17.5 Å². The number of methoxy groups -OCH3 is 1. The van der Waals surface area contributed by atoms with Gasteiger partial charge in [0.15, 0.2) is 0 Å². The maximum Gasteiger partial charge on any atom is 0.328 e. The van der Waals surface area contributed by atoms with Crippen LogP contribution in [0.5, 0.6) is 17.5 Å². The lowest BCUT2D eigenvalue weighted by Crippen LogP contribution is -2.31. The first-order chi connectivity index (χ1) is 20.4. The van der Waals surface area contributed by atoms with Crippen molar-refractivity contribution in [1.29, 1.82) is 0 Å². The van der Waals surface area contributed by atoms with Crippen molar-refractivity contribution in [2.75, 3.05) is 29.2 Å². The van der Waals surface area contributed by atoms with Gasteiger partial charge in [0, 0.05) is 6.54 Å². The molecular weight excluding hydrogens is 536 g/mol. The Morgan fingerprint density at radius 1 is 0.857 bits per heavy atom. The number of carboxylic acid groups (broad SMARTS) is 1. The molecule has 0 aliphatic rings. The summed E-state index contributed by atoms with van der Waals surface area (Å²) in [6.45, 7) is 1.76. The molecule has 0 saturated heterocycles. The van der Waals surface area contributed by atoms with E-state index in [-0.39, 0.29) is 24.5 Å². The molecule has 212 valence electrons. The number of carboxylic acids is 1. The summed E-state index contributed by atoms with van der Waals surface area (Å²) < 4.78 is 11.3. The highest BCUT2D eigenvalue weighted by Gasteiger charge is 2.20. The molecule has 4 aromatic carbocycles. The molecule has 0 fully saturated rings. The zero-order valence-corrected chi connectivity index (χ0v) is 22.9. The van der Waals surface area contributed by atoms with Crippen LogP contribution in [-0.4, -0.2) is 45.7 Å². The Morgan fingerprint density at radius 2 is 1.60 bits per heavy atom. The normalized spacial score (nSPS) is 10.6. The van der Waals surface area contributed by atoms with Gasteiger partial charge < -0.3 is 24.8 Å². The van der Waals surface area contributed by atoms with Crippen molar-refractivity contribution in [2.45, 2.75) is 13.5 Å². The zero-order chi connectivity index (χ0) is 29.5. The molecule has 1 aromatic heterocycles. The van der Waals surface area contributed by atoms with Crippen LogP contribution < -0.4 is 25.0 Å². The van der Waals surface area contributed by atoms with Crippen LogP contribution in [0.25, 0.3) is 10.8 Å². The van der Waals surface area contributed by atoms with E-state index in [1.54, 1.807) is 30.3 Å². The zero-order valence-electron chi connectivity index (χ0n) is 22.9. The number of aromatic nitrogens is 3. The van der Waals surface area contributed by atoms with Gasteiger partial charge in [-0.3, -0.25) is 10.1 Å². The lowest BCUT2D eigenvalue weighted by atomic mass is 10.1. The van der Waals surface area contributed by atoms with Crippen molar-refractivity contribution < 1.29 is 24.2 Å². The first-order valence-electron chi connectivity index (χ1n) is 13.0. The van der Waals surface area contributed by atoms with E-state index < -0.39 is 18.5 Å². The van der Waals surface area contributed by atoms with E-state index in [1.165, 1.54) is 12.0 Å². The number of rotatable bonds is 10. The van der Waals surface area contributed by atoms with Crippen LogP contribution in [0, 0.1) is 6.92 Å². The van der Waals surface area contributed by atoms with Crippen molar-refractivity contribution >= 4 is 40.4 Å². The third kappa shape index (κ3) is 7.07. The molecule has 0 radical (unpaired) electrons. The number of benzene rings is 4. The van der Waals surface area contributed by atoms with E-state index in [9.17, 15) is 14.7 Å². The number of nitrogens with one attached hydrogen (secondary N) is 2. The molecule has 0 unspecified atom stereocenters. The second-order valence-electron chi connectivity index (χ2n) is 9.37. The van der Waals surface area contributed by atoms with Gasteiger partial charge >= 0.3 is 18.0 Å². The number of urea groups is 1. The van der Waals surface area contributed by atoms with Gasteiger partial charge in [-0.15, -0.1) is 0 Å². The number of ether oxygens (including phenoxy) is 2. The highest BCUT2D eigenvalue weighted by atomic mass is 16.5. The number of carbonyl (C=O) groups excluding carboxylic acids is 1. The van der Waals surface area contributed by atoms with Gasteiger partial charge in [-0.1, -0.05) is 72.3 Å². The van der Waals surface area contributed by atoms with Crippen LogP contribution in [0.15, 0.2) is 91.0 Å². The van der Waals surface area contributed by atoms with Gasteiger partial charge in [0.2, 0.25) is 11.9 Å². The maximum atomic E-state index is 12.9. The second kappa shape index (κ2) is 12.6. The summed E-state index contributed by atoms with van der Waals surface area (Å²) in [5, 5.41) is 16.9. The molecule has 11 nitrogen and oxygen atoms in total. The monoisotopic (exact) mass is 564 g/mol. The smallest absolute Gasteiger partial charge is 0.328 e. The predicted molar refractivity (Wildman–Crippen MR) is 159 cm³/mol. The van der Waals surface area contributed by atoms with Gasteiger partial charge in [0.1, 0.15) is 18.0 Å². The molecule has 5 rings (SSSR count). The second-order valence-corrected chi connectivity index (χ2v) is 9.37. The molecule has 0 atom stereocenters. The fraction of sp³-hybridized carbons (Fsp3) is 0.129. The third-order valence-corrected chi connectivity index (χ3v) is 6.22. The number of aliphatic carboxylic acids is 1. The standard InChI is InChI=1S/C31H28N6O5/c1-20-11-13-21(14-12-20)18-37(19-27(38)39)29-33-28(34-30(40)32-25-9-5-6-10-26(25)41-2)35-31(36-29)42-24-16-15-22-7-3-4-8-23(22)17-24/h3-17H,18-19H2,1-2H3,(H,38,39)(H2,32,33,34,35,36,40). The van der Waals surface area contributed by atoms with Crippen molar-refractivity contribution in [2.24, 2.45) is 0 Å². The van der Waals surface area contributed by atoms with Gasteiger partial charge in [-0.2, -0.15) is 15.0 Å². The number of hydrogen-bond acceptors (Lipinski definition) is 8. The van der Waals surface area contributed by atoms with Crippen molar-refractivity contribution in [3.63, 3.8) is 0 Å². The molecule has 2 amide bonds. The molecule has 0 aliphatic carbocycles. The summed E-state index contributed by atoms with van der Waals surface area (Å²) in [6.07, 6.45) is 0. The molecule has 5 aromatic rings. The number of carbonyl (C=O) groups is 2. The Hall–Kier alpha value is -5.71. The molecule has 11 heteroatoms. The highest BCUT2D eigenvalue weighted by Crippen LogP contribution is 2.27. The Labute approximate surface area is 241 Å². The number of anilines is 3. The van der Waals surface area contributed by atoms with Crippen LogP contribution in [0.3, 0.4) is 0 Å². The first kappa shape index (κ1) is 27.8. The molecule has 1 heterocycles. The average molecular weight is 565 g/mol. The van der Waals surface area contributed by atoms with Crippen LogP contribution >= 0.6 is 0 Å². The predicted octanol–water partition coefficient (Wildman–Crippen LogP) is 5.87. The van der Waals surface area contributed by atoms with Crippen LogP contribution in [0.1, 0.15) is 11.1 Å². The van der Waals surface area contributed by atoms with Gasteiger partial charge in [-0.05, 0) is 47.5 Å². The Bertz CT molecular complexity index is 1730. The molecule has 3 N–H and O–H groups in total. The minimum Gasteiger partial charge on any atom is -0.495 e. The van der Waals surface area contributed by atoms with Crippen molar-refractivity contribution in [1.82, 2.24) is 15.0 Å². The fourth-order valence-corrected chi connectivity index (χ4v) is 4.20. The van der Waals surface area contributed by atoms with Gasteiger partial charge in [-0.25, -0.2) is 4.79 Å². The Morgan fingerprint density at radius 3 is 2.36 bits per heavy atom. The lowest BCUT2D eigenvalue weighted by molar-refractivity contribution is -0.135. The average Bonchev–Trinajstić information content (AvgIpc) is 2.98. The number of aryl methyl sites for hydroxylation is 1. The summed E-state index contributed by atoms with van der Waals surface area (Å²) in [5.74, 6) is -0.282.